The number of hydrogen-bond donors (Lipinski definition) is 2. The maximum absolute atomic E-state index is 12.5. The van der Waals surface area contributed by atoms with E-state index < -0.39 is 0 Å². The van der Waals surface area contributed by atoms with Gasteiger partial charge in [0.1, 0.15) is 6.33 Å². The van der Waals surface area contributed by atoms with Gasteiger partial charge in [-0.15, -0.1) is 10.2 Å². The minimum absolute atomic E-state index is 0.185. The molecule has 7 nitrogen and oxygen atoms in total. The molecule has 144 valence electrons. The summed E-state index contributed by atoms with van der Waals surface area (Å²) in [6.45, 7) is 1.89. The molecule has 0 fully saturated rings. The number of anilines is 2. The van der Waals surface area contributed by atoms with Crippen molar-refractivity contribution in [2.45, 2.75) is 12.1 Å². The quantitative estimate of drug-likeness (QED) is 0.598. The Morgan fingerprint density at radius 3 is 2.75 bits per heavy atom. The van der Waals surface area contributed by atoms with E-state index in [9.17, 15) is 9.59 Å². The topological polar surface area (TPSA) is 88.9 Å². The summed E-state index contributed by atoms with van der Waals surface area (Å²) in [5.74, 6) is -0.295. The second-order valence-corrected chi connectivity index (χ2v) is 7.43. The predicted octanol–water partition coefficient (Wildman–Crippen LogP) is 3.76. The molecular weight excluding hydrogens is 398 g/mol. The highest BCUT2D eigenvalue weighted by atomic mass is 35.5. The lowest BCUT2D eigenvalue weighted by atomic mass is 10.1. The van der Waals surface area contributed by atoms with Gasteiger partial charge in [-0.05, 0) is 42.8 Å². The summed E-state index contributed by atoms with van der Waals surface area (Å²) in [4.78, 5) is 24.7. The molecule has 28 heavy (non-hydrogen) atoms. The van der Waals surface area contributed by atoms with Gasteiger partial charge in [0.2, 0.25) is 5.91 Å². The summed E-state index contributed by atoms with van der Waals surface area (Å²) < 4.78 is 1.74. The number of nitrogens with zero attached hydrogens (tertiary/aromatic N) is 3. The third-order valence-electron chi connectivity index (χ3n) is 3.86. The number of halogens is 1. The number of aryl methyl sites for hydroxylation is 2. The van der Waals surface area contributed by atoms with Gasteiger partial charge in [-0.1, -0.05) is 35.5 Å². The van der Waals surface area contributed by atoms with Gasteiger partial charge in [0.25, 0.3) is 5.91 Å². The largest absolute Gasteiger partial charge is 0.325 e. The summed E-state index contributed by atoms with van der Waals surface area (Å²) in [6, 6.07) is 12.0. The van der Waals surface area contributed by atoms with Crippen molar-refractivity contribution in [3.63, 3.8) is 0 Å². The van der Waals surface area contributed by atoms with Crippen LogP contribution in [0, 0.1) is 6.92 Å². The molecule has 0 aliphatic carbocycles. The van der Waals surface area contributed by atoms with E-state index >= 15 is 0 Å². The van der Waals surface area contributed by atoms with Crippen molar-refractivity contribution in [3.05, 3.63) is 64.9 Å². The van der Waals surface area contributed by atoms with E-state index in [1.165, 1.54) is 11.8 Å². The van der Waals surface area contributed by atoms with Gasteiger partial charge in [-0.25, -0.2) is 0 Å². The van der Waals surface area contributed by atoms with Crippen molar-refractivity contribution in [3.8, 4) is 0 Å². The number of rotatable bonds is 6. The second kappa shape index (κ2) is 8.90. The molecule has 0 atom stereocenters. The summed E-state index contributed by atoms with van der Waals surface area (Å²) in [5, 5.41) is 14.5. The zero-order chi connectivity index (χ0) is 20.1. The first-order valence-corrected chi connectivity index (χ1v) is 9.73. The molecule has 2 N–H and O–H groups in total. The summed E-state index contributed by atoms with van der Waals surface area (Å²) in [6.07, 6.45) is 1.57. The average Bonchev–Trinajstić information content (AvgIpc) is 3.08. The van der Waals surface area contributed by atoms with E-state index in [0.29, 0.717) is 27.1 Å². The van der Waals surface area contributed by atoms with Crippen molar-refractivity contribution < 1.29 is 9.59 Å². The Kier molecular flexibility index (Phi) is 6.33. The lowest BCUT2D eigenvalue weighted by Gasteiger charge is -2.10. The van der Waals surface area contributed by atoms with Gasteiger partial charge < -0.3 is 15.2 Å². The van der Waals surface area contributed by atoms with Crippen molar-refractivity contribution in [2.24, 2.45) is 7.05 Å². The molecule has 0 radical (unpaired) electrons. The summed E-state index contributed by atoms with van der Waals surface area (Å²) in [5.41, 5.74) is 2.52. The Morgan fingerprint density at radius 2 is 2.00 bits per heavy atom. The predicted molar refractivity (Wildman–Crippen MR) is 111 cm³/mol. The molecular formula is C19H18ClN5O2S. The Bertz CT molecular complexity index is 1020. The highest BCUT2D eigenvalue weighted by Crippen LogP contribution is 2.21. The lowest BCUT2D eigenvalue weighted by molar-refractivity contribution is -0.113. The first-order chi connectivity index (χ1) is 13.4. The molecule has 1 heterocycles. The van der Waals surface area contributed by atoms with Crippen LogP contribution in [-0.2, 0) is 11.8 Å². The summed E-state index contributed by atoms with van der Waals surface area (Å²) in [7, 11) is 1.81. The number of aromatic nitrogens is 3. The highest BCUT2D eigenvalue weighted by molar-refractivity contribution is 7.99. The molecule has 2 aromatic carbocycles. The second-order valence-electron chi connectivity index (χ2n) is 6.06. The Morgan fingerprint density at radius 1 is 1.18 bits per heavy atom. The van der Waals surface area contributed by atoms with Crippen molar-refractivity contribution in [2.75, 3.05) is 16.4 Å². The van der Waals surface area contributed by atoms with Gasteiger partial charge >= 0.3 is 0 Å². The number of amides is 2. The molecule has 3 rings (SSSR count). The minimum Gasteiger partial charge on any atom is -0.325 e. The molecule has 0 saturated carbocycles. The fourth-order valence-electron chi connectivity index (χ4n) is 2.39. The van der Waals surface area contributed by atoms with Gasteiger partial charge in [0.05, 0.1) is 5.75 Å². The Balaban J connectivity index is 1.63. The maximum atomic E-state index is 12.5. The van der Waals surface area contributed by atoms with Crippen LogP contribution >= 0.6 is 23.4 Å². The maximum Gasteiger partial charge on any atom is 0.255 e. The van der Waals surface area contributed by atoms with E-state index in [2.05, 4.69) is 20.8 Å². The van der Waals surface area contributed by atoms with Gasteiger partial charge in [-0.3, -0.25) is 9.59 Å². The van der Waals surface area contributed by atoms with E-state index in [-0.39, 0.29) is 17.6 Å². The molecule has 0 aliphatic rings. The number of carbonyl (C=O) groups is 2. The molecule has 0 aliphatic heterocycles. The van der Waals surface area contributed by atoms with Crippen molar-refractivity contribution in [1.29, 1.82) is 0 Å². The molecule has 0 bridgehead atoms. The first-order valence-electron chi connectivity index (χ1n) is 8.36. The molecule has 0 unspecified atom stereocenters. The van der Waals surface area contributed by atoms with Crippen LogP contribution in [0.5, 0.6) is 0 Å². The monoisotopic (exact) mass is 415 g/mol. The van der Waals surface area contributed by atoms with Crippen LogP contribution in [0.4, 0.5) is 11.4 Å². The molecule has 3 aromatic rings. The van der Waals surface area contributed by atoms with Gasteiger partial charge in [-0.2, -0.15) is 0 Å². The molecule has 9 heteroatoms. The van der Waals surface area contributed by atoms with Crippen LogP contribution in [0.3, 0.4) is 0 Å². The van der Waals surface area contributed by atoms with Crippen LogP contribution in [0.2, 0.25) is 5.02 Å². The number of benzene rings is 2. The van der Waals surface area contributed by atoms with Crippen molar-refractivity contribution in [1.82, 2.24) is 14.8 Å². The smallest absolute Gasteiger partial charge is 0.255 e. The normalized spacial score (nSPS) is 10.5. The SMILES string of the molecule is Cc1ccc(Cl)cc1NC(=O)c1cccc(NC(=O)CSc2nncn2C)c1. The standard InChI is InChI=1S/C19H18ClN5O2S/c1-12-6-7-14(20)9-16(12)23-18(27)13-4-3-5-15(8-13)22-17(26)10-28-19-24-21-11-25(19)2/h3-9,11H,10H2,1-2H3,(H,22,26)(H,23,27). The first kappa shape index (κ1) is 19.9. The van der Waals surface area contributed by atoms with Crippen LogP contribution in [0.25, 0.3) is 0 Å². The third kappa shape index (κ3) is 5.11. The Hall–Kier alpha value is -2.84. The van der Waals surface area contributed by atoms with Crippen LogP contribution in [-0.4, -0.2) is 32.3 Å². The van der Waals surface area contributed by atoms with Crippen LogP contribution in [0.1, 0.15) is 15.9 Å². The van der Waals surface area contributed by atoms with Crippen LogP contribution in [0.15, 0.2) is 53.9 Å². The van der Waals surface area contributed by atoms with E-state index in [0.717, 1.165) is 5.56 Å². The number of nitrogens with one attached hydrogen (secondary N) is 2. The fourth-order valence-corrected chi connectivity index (χ4v) is 3.25. The molecule has 0 spiro atoms. The average molecular weight is 416 g/mol. The van der Waals surface area contributed by atoms with Crippen LogP contribution < -0.4 is 10.6 Å². The zero-order valence-electron chi connectivity index (χ0n) is 15.3. The molecule has 2 amide bonds. The molecule has 0 saturated heterocycles. The third-order valence-corrected chi connectivity index (χ3v) is 5.13. The number of carbonyl (C=O) groups excluding carboxylic acids is 2. The zero-order valence-corrected chi connectivity index (χ0v) is 16.8. The fraction of sp³-hybridized carbons (Fsp3) is 0.158. The molecule has 1 aromatic heterocycles. The Labute approximate surface area is 171 Å². The minimum atomic E-state index is -0.282. The number of hydrogen-bond acceptors (Lipinski definition) is 5. The van der Waals surface area contributed by atoms with E-state index in [1.807, 2.05) is 20.0 Å². The van der Waals surface area contributed by atoms with E-state index in [4.69, 9.17) is 11.6 Å². The van der Waals surface area contributed by atoms with E-state index in [1.54, 1.807) is 47.3 Å². The number of thioether (sulfide) groups is 1. The highest BCUT2D eigenvalue weighted by Gasteiger charge is 2.11. The summed E-state index contributed by atoms with van der Waals surface area (Å²) >= 11 is 7.28. The van der Waals surface area contributed by atoms with Gasteiger partial charge in [0, 0.05) is 29.0 Å². The van der Waals surface area contributed by atoms with Gasteiger partial charge in [0.15, 0.2) is 5.16 Å². The lowest BCUT2D eigenvalue weighted by Crippen LogP contribution is -2.16. The van der Waals surface area contributed by atoms with Crippen molar-refractivity contribution >= 4 is 46.6 Å².